The molecule has 4 N–H and O–H groups in total. The van der Waals surface area contributed by atoms with Crippen molar-refractivity contribution in [2.24, 2.45) is 0 Å². The highest BCUT2D eigenvalue weighted by atomic mass is 15.1. The smallest absolute Gasteiger partial charge is 0.225 e. The second kappa shape index (κ2) is 3.92. The van der Waals surface area contributed by atoms with Crippen molar-refractivity contribution < 1.29 is 0 Å². The monoisotopic (exact) mass is 238 g/mol. The van der Waals surface area contributed by atoms with E-state index in [1.54, 1.807) is 6.20 Å². The first-order valence-corrected chi connectivity index (χ1v) is 5.34. The van der Waals surface area contributed by atoms with E-state index >= 15 is 0 Å². The summed E-state index contributed by atoms with van der Waals surface area (Å²) >= 11 is 0. The van der Waals surface area contributed by atoms with Gasteiger partial charge >= 0.3 is 0 Å². The molecule has 0 atom stereocenters. The molecule has 0 bridgehead atoms. The maximum absolute atomic E-state index is 5.54. The number of hydrogen-bond acceptors (Lipinski definition) is 6. The van der Waals surface area contributed by atoms with Crippen LogP contribution in [0, 0.1) is 0 Å². The molecule has 3 aromatic rings. The average molecular weight is 238 g/mol. The first-order valence-electron chi connectivity index (χ1n) is 5.34. The summed E-state index contributed by atoms with van der Waals surface area (Å²) in [5.74, 6) is 0.561. The summed E-state index contributed by atoms with van der Waals surface area (Å²) in [5, 5.41) is 2.11. The van der Waals surface area contributed by atoms with Crippen molar-refractivity contribution in [2.45, 2.75) is 0 Å². The topological polar surface area (TPSA) is 104 Å². The summed E-state index contributed by atoms with van der Waals surface area (Å²) in [6, 6.07) is 9.80. The van der Waals surface area contributed by atoms with Crippen LogP contribution in [0.5, 0.6) is 0 Å². The van der Waals surface area contributed by atoms with E-state index in [4.69, 9.17) is 11.5 Å². The van der Waals surface area contributed by atoms with E-state index in [-0.39, 0.29) is 11.9 Å². The Kier molecular flexibility index (Phi) is 2.26. The van der Waals surface area contributed by atoms with Crippen LogP contribution >= 0.6 is 0 Å². The summed E-state index contributed by atoms with van der Waals surface area (Å²) in [7, 11) is 0. The average Bonchev–Trinajstić information content (AvgIpc) is 2.37. The zero-order chi connectivity index (χ0) is 12.5. The van der Waals surface area contributed by atoms with Crippen LogP contribution in [0.3, 0.4) is 0 Å². The Morgan fingerprint density at radius 2 is 1.50 bits per heavy atom. The number of anilines is 2. The summed E-state index contributed by atoms with van der Waals surface area (Å²) in [6.07, 6.45) is 1.76. The minimum absolute atomic E-state index is 0.0902. The third-order valence-electron chi connectivity index (χ3n) is 2.53. The molecule has 0 amide bonds. The van der Waals surface area contributed by atoms with Crippen LogP contribution in [0.4, 0.5) is 11.9 Å². The molecule has 18 heavy (non-hydrogen) atoms. The van der Waals surface area contributed by atoms with Crippen molar-refractivity contribution in [2.75, 3.05) is 11.5 Å². The SMILES string of the molecule is Nc1nc(N)nc(-c2cc3ccccc3cn2)n1. The van der Waals surface area contributed by atoms with Crippen LogP contribution in [0.2, 0.25) is 0 Å². The van der Waals surface area contributed by atoms with Gasteiger partial charge in [0.1, 0.15) is 5.69 Å². The fourth-order valence-electron chi connectivity index (χ4n) is 1.73. The van der Waals surface area contributed by atoms with E-state index in [2.05, 4.69) is 19.9 Å². The Morgan fingerprint density at radius 1 is 0.833 bits per heavy atom. The molecule has 1 aromatic carbocycles. The lowest BCUT2D eigenvalue weighted by atomic mass is 10.1. The van der Waals surface area contributed by atoms with Crippen molar-refractivity contribution in [1.29, 1.82) is 0 Å². The molecular weight excluding hydrogens is 228 g/mol. The summed E-state index contributed by atoms with van der Waals surface area (Å²) in [4.78, 5) is 16.1. The van der Waals surface area contributed by atoms with E-state index in [0.717, 1.165) is 10.8 Å². The van der Waals surface area contributed by atoms with Gasteiger partial charge < -0.3 is 11.5 Å². The summed E-state index contributed by atoms with van der Waals surface area (Å²) < 4.78 is 0. The molecule has 0 saturated carbocycles. The van der Waals surface area contributed by atoms with Crippen molar-refractivity contribution in [3.63, 3.8) is 0 Å². The number of rotatable bonds is 1. The maximum atomic E-state index is 5.54. The molecule has 0 saturated heterocycles. The minimum atomic E-state index is 0.0902. The first kappa shape index (κ1) is 10.4. The second-order valence-electron chi connectivity index (χ2n) is 3.79. The molecule has 0 radical (unpaired) electrons. The maximum Gasteiger partial charge on any atom is 0.225 e. The Hall–Kier alpha value is -2.76. The van der Waals surface area contributed by atoms with Gasteiger partial charge in [0.15, 0.2) is 5.82 Å². The fourth-order valence-corrected chi connectivity index (χ4v) is 1.73. The van der Waals surface area contributed by atoms with Crippen LogP contribution < -0.4 is 11.5 Å². The quantitative estimate of drug-likeness (QED) is 0.661. The molecule has 6 heteroatoms. The van der Waals surface area contributed by atoms with Gasteiger partial charge in [0.25, 0.3) is 0 Å². The Morgan fingerprint density at radius 3 is 2.22 bits per heavy atom. The van der Waals surface area contributed by atoms with Gasteiger partial charge in [0.2, 0.25) is 11.9 Å². The zero-order valence-corrected chi connectivity index (χ0v) is 9.41. The molecule has 0 aliphatic rings. The zero-order valence-electron chi connectivity index (χ0n) is 9.41. The van der Waals surface area contributed by atoms with E-state index in [1.807, 2.05) is 30.3 Å². The van der Waals surface area contributed by atoms with E-state index in [1.165, 1.54) is 0 Å². The highest BCUT2D eigenvalue weighted by Crippen LogP contribution is 2.19. The van der Waals surface area contributed by atoms with Crippen molar-refractivity contribution >= 4 is 22.7 Å². The van der Waals surface area contributed by atoms with Crippen LogP contribution in [0.1, 0.15) is 0 Å². The Bertz CT molecular complexity index is 704. The molecule has 0 aliphatic carbocycles. The highest BCUT2D eigenvalue weighted by molar-refractivity contribution is 5.84. The van der Waals surface area contributed by atoms with Gasteiger partial charge in [-0.3, -0.25) is 4.98 Å². The fraction of sp³-hybridized carbons (Fsp3) is 0. The van der Waals surface area contributed by atoms with Gasteiger partial charge in [-0.05, 0) is 11.5 Å². The summed E-state index contributed by atoms with van der Waals surface area (Å²) in [5.41, 5.74) is 11.7. The Balaban J connectivity index is 2.19. The van der Waals surface area contributed by atoms with Crippen LogP contribution in [-0.2, 0) is 0 Å². The molecule has 2 heterocycles. The van der Waals surface area contributed by atoms with Crippen LogP contribution in [0.15, 0.2) is 36.5 Å². The third-order valence-corrected chi connectivity index (χ3v) is 2.53. The molecule has 88 valence electrons. The summed E-state index contributed by atoms with van der Waals surface area (Å²) in [6.45, 7) is 0. The first-order chi connectivity index (χ1) is 8.72. The number of hydrogen-bond donors (Lipinski definition) is 2. The second-order valence-corrected chi connectivity index (χ2v) is 3.79. The highest BCUT2D eigenvalue weighted by Gasteiger charge is 2.07. The lowest BCUT2D eigenvalue weighted by molar-refractivity contribution is 1.07. The standard InChI is InChI=1S/C12H10N6/c13-11-16-10(17-12(14)18-11)9-5-7-3-1-2-4-8(7)6-15-9/h1-6H,(H4,13,14,16,17,18). The molecule has 0 aliphatic heterocycles. The number of nitrogen functional groups attached to an aromatic ring is 2. The molecule has 0 unspecified atom stereocenters. The molecule has 3 rings (SSSR count). The number of nitrogens with two attached hydrogens (primary N) is 2. The number of benzene rings is 1. The number of aromatic nitrogens is 4. The van der Waals surface area contributed by atoms with Gasteiger partial charge in [-0.2, -0.15) is 15.0 Å². The van der Waals surface area contributed by atoms with Gasteiger partial charge in [0.05, 0.1) is 0 Å². The van der Waals surface area contributed by atoms with Crippen molar-refractivity contribution in [1.82, 2.24) is 19.9 Å². The molecule has 0 spiro atoms. The largest absolute Gasteiger partial charge is 0.368 e. The van der Waals surface area contributed by atoms with Gasteiger partial charge in [-0.25, -0.2) is 0 Å². The van der Waals surface area contributed by atoms with Crippen molar-refractivity contribution in [3.05, 3.63) is 36.5 Å². The molecule has 2 aromatic heterocycles. The lowest BCUT2D eigenvalue weighted by Crippen LogP contribution is -2.04. The minimum Gasteiger partial charge on any atom is -0.368 e. The predicted octanol–water partition coefficient (Wildman–Crippen LogP) is 1.25. The Labute approximate surface area is 103 Å². The van der Waals surface area contributed by atoms with Gasteiger partial charge in [0, 0.05) is 11.6 Å². The van der Waals surface area contributed by atoms with Gasteiger partial charge in [-0.15, -0.1) is 0 Å². The third kappa shape index (κ3) is 1.80. The lowest BCUT2D eigenvalue weighted by Gasteiger charge is -2.03. The normalized spacial score (nSPS) is 10.7. The van der Waals surface area contributed by atoms with E-state index in [9.17, 15) is 0 Å². The van der Waals surface area contributed by atoms with Crippen molar-refractivity contribution in [3.8, 4) is 11.5 Å². The number of pyridine rings is 1. The van der Waals surface area contributed by atoms with Gasteiger partial charge in [-0.1, -0.05) is 24.3 Å². The molecule has 6 nitrogen and oxygen atoms in total. The van der Waals surface area contributed by atoms with Crippen LogP contribution in [0.25, 0.3) is 22.3 Å². The molecular formula is C12H10N6. The van der Waals surface area contributed by atoms with E-state index in [0.29, 0.717) is 11.5 Å². The predicted molar refractivity (Wildman–Crippen MR) is 69.4 cm³/mol. The number of fused-ring (bicyclic) bond motifs is 1. The molecule has 0 fully saturated rings. The number of nitrogens with zero attached hydrogens (tertiary/aromatic N) is 4. The van der Waals surface area contributed by atoms with E-state index < -0.39 is 0 Å². The van der Waals surface area contributed by atoms with Crippen LogP contribution in [-0.4, -0.2) is 19.9 Å².